The molecule has 0 saturated heterocycles. The summed E-state index contributed by atoms with van der Waals surface area (Å²) in [7, 11) is 0. The molecule has 0 bridgehead atoms. The van der Waals surface area contributed by atoms with Crippen LogP contribution in [0.15, 0.2) is 29.3 Å². The van der Waals surface area contributed by atoms with Crippen LogP contribution in [0.4, 0.5) is 5.69 Å². The number of aromatic nitrogens is 1. The number of rotatable bonds is 4. The van der Waals surface area contributed by atoms with Crippen molar-refractivity contribution in [3.63, 3.8) is 0 Å². The molecule has 0 fully saturated rings. The van der Waals surface area contributed by atoms with Gasteiger partial charge in [-0.15, -0.1) is 11.3 Å². The number of aliphatic carboxylic acids is 1. The van der Waals surface area contributed by atoms with E-state index in [1.165, 1.54) is 4.57 Å². The van der Waals surface area contributed by atoms with Crippen LogP contribution in [0.3, 0.4) is 0 Å². The summed E-state index contributed by atoms with van der Waals surface area (Å²) in [5.74, 6) is -1.68. The third-order valence-corrected chi connectivity index (χ3v) is 5.18. The summed E-state index contributed by atoms with van der Waals surface area (Å²) in [4.78, 5) is 16.3. The Balaban J connectivity index is 2.08. The summed E-state index contributed by atoms with van der Waals surface area (Å²) in [5.41, 5.74) is 2.67. The Morgan fingerprint density at radius 2 is 2.12 bits per heavy atom. The quantitative estimate of drug-likeness (QED) is 0.851. The highest BCUT2D eigenvalue weighted by Crippen LogP contribution is 2.37. The molecule has 1 N–H and O–H groups in total. The molecule has 0 amide bonds. The van der Waals surface area contributed by atoms with Crippen LogP contribution in [0.1, 0.15) is 30.3 Å². The Kier molecular flexibility index (Phi) is 4.38. The van der Waals surface area contributed by atoms with E-state index in [1.807, 2.05) is 24.3 Å². The van der Waals surface area contributed by atoms with Gasteiger partial charge in [0.15, 0.2) is 3.95 Å². The number of allylic oxidation sites excluding steroid dienone is 1. The van der Waals surface area contributed by atoms with E-state index in [9.17, 15) is 15.0 Å². The average molecular weight is 359 g/mol. The molecule has 0 unspecified atom stereocenters. The Bertz CT molecular complexity index is 922. The van der Waals surface area contributed by atoms with Gasteiger partial charge in [-0.1, -0.05) is 32.0 Å². The van der Waals surface area contributed by atoms with E-state index in [2.05, 4.69) is 4.99 Å². The first-order chi connectivity index (χ1) is 11.4. The molecule has 24 heavy (non-hydrogen) atoms. The first-order valence-corrected chi connectivity index (χ1v) is 8.63. The molecular weight excluding hydrogens is 344 g/mol. The molecule has 5 nitrogen and oxygen atoms in total. The minimum Gasteiger partial charge on any atom is -0.548 e. The molecule has 1 aliphatic rings. The van der Waals surface area contributed by atoms with Gasteiger partial charge in [0.2, 0.25) is 5.88 Å². The third kappa shape index (κ3) is 2.81. The van der Waals surface area contributed by atoms with Crippen molar-refractivity contribution in [3.8, 4) is 5.88 Å². The summed E-state index contributed by atoms with van der Waals surface area (Å²) in [6.45, 7) is 3.49. The summed E-state index contributed by atoms with van der Waals surface area (Å²) in [5, 5.41) is 22.0. The lowest BCUT2D eigenvalue weighted by atomic mass is 10.0. The van der Waals surface area contributed by atoms with Gasteiger partial charge >= 0.3 is 0 Å². The van der Waals surface area contributed by atoms with Gasteiger partial charge in [0, 0.05) is 17.4 Å². The monoisotopic (exact) mass is 359 g/mol. The molecule has 7 heteroatoms. The van der Waals surface area contributed by atoms with Crippen LogP contribution in [0.25, 0.3) is 11.6 Å². The van der Waals surface area contributed by atoms with Gasteiger partial charge in [0.05, 0.1) is 22.6 Å². The predicted octanol–water partition coefficient (Wildman–Crippen LogP) is 3.19. The van der Waals surface area contributed by atoms with E-state index in [-0.39, 0.29) is 11.8 Å². The van der Waals surface area contributed by atoms with E-state index in [4.69, 9.17) is 12.2 Å². The lowest BCUT2D eigenvalue weighted by Gasteiger charge is -2.24. The van der Waals surface area contributed by atoms with Crippen LogP contribution < -0.4 is 5.11 Å². The average Bonchev–Trinajstić information content (AvgIpc) is 3.04. The fraction of sp³-hybridized carbons (Fsp3) is 0.235. The van der Waals surface area contributed by atoms with Crippen molar-refractivity contribution < 1.29 is 15.0 Å². The molecule has 1 aliphatic heterocycles. The van der Waals surface area contributed by atoms with Crippen LogP contribution in [-0.2, 0) is 4.79 Å². The number of hydrogen-bond donors (Lipinski definition) is 1. The molecule has 1 aromatic carbocycles. The van der Waals surface area contributed by atoms with Gasteiger partial charge in [0.25, 0.3) is 0 Å². The largest absolute Gasteiger partial charge is 0.548 e. The lowest BCUT2D eigenvalue weighted by molar-refractivity contribution is -0.311. The Labute approximate surface area is 148 Å². The van der Waals surface area contributed by atoms with Crippen molar-refractivity contribution in [3.05, 3.63) is 38.7 Å². The number of para-hydroxylation sites is 1. The second-order valence-electron chi connectivity index (χ2n) is 5.81. The number of benzene rings is 1. The number of thiazole rings is 1. The van der Waals surface area contributed by atoms with Gasteiger partial charge in [-0.05, 0) is 30.3 Å². The van der Waals surface area contributed by atoms with Crippen molar-refractivity contribution in [2.45, 2.75) is 19.9 Å². The summed E-state index contributed by atoms with van der Waals surface area (Å²) < 4.78 is 1.55. The number of carbonyl (C=O) groups is 1. The van der Waals surface area contributed by atoms with Gasteiger partial charge in [-0.2, -0.15) is 0 Å². The van der Waals surface area contributed by atoms with Gasteiger partial charge < -0.3 is 15.0 Å². The smallest absolute Gasteiger partial charge is 0.211 e. The summed E-state index contributed by atoms with van der Waals surface area (Å²) in [6.07, 6.45) is 3.49. The predicted molar refractivity (Wildman–Crippen MR) is 96.2 cm³/mol. The van der Waals surface area contributed by atoms with Crippen molar-refractivity contribution >= 4 is 53.1 Å². The molecule has 0 aliphatic carbocycles. The second kappa shape index (κ2) is 6.33. The molecule has 0 radical (unpaired) electrons. The topological polar surface area (TPSA) is 77.6 Å². The van der Waals surface area contributed by atoms with Crippen LogP contribution in [0.5, 0.6) is 5.88 Å². The standard InChI is InChI=1S/C17H16N2O3S2/c1-9(2)14(16(21)22)19-15(20)13(24-17(19)23)7-10-8-18-12-6-4-3-5-11(10)12/h3-9,14,20H,1-2H3,(H,21,22)/p-1/b10-7+/t14-/m1/s1. The molecule has 2 aromatic rings. The fourth-order valence-electron chi connectivity index (χ4n) is 2.70. The lowest BCUT2D eigenvalue weighted by Crippen LogP contribution is -2.36. The molecule has 0 saturated carbocycles. The van der Waals surface area contributed by atoms with Crippen LogP contribution in [0.2, 0.25) is 0 Å². The first-order valence-electron chi connectivity index (χ1n) is 7.40. The molecule has 1 aromatic heterocycles. The Hall–Kier alpha value is -2.25. The minimum atomic E-state index is -1.26. The second-order valence-corrected chi connectivity index (χ2v) is 7.48. The number of carbonyl (C=O) groups excluding carboxylic acids is 1. The zero-order valence-electron chi connectivity index (χ0n) is 13.1. The summed E-state index contributed by atoms with van der Waals surface area (Å²) >= 11 is 6.43. The van der Waals surface area contributed by atoms with Crippen molar-refractivity contribution in [1.29, 1.82) is 0 Å². The van der Waals surface area contributed by atoms with Crippen LogP contribution in [0, 0.1) is 9.87 Å². The third-order valence-electron chi connectivity index (χ3n) is 3.84. The number of fused-ring (bicyclic) bond motifs is 1. The zero-order valence-corrected chi connectivity index (χ0v) is 14.7. The zero-order chi connectivity index (χ0) is 17.4. The maximum Gasteiger partial charge on any atom is 0.211 e. The van der Waals surface area contributed by atoms with Gasteiger partial charge in [-0.3, -0.25) is 9.56 Å². The van der Waals surface area contributed by atoms with Crippen LogP contribution in [-0.4, -0.2) is 21.9 Å². The SMILES string of the molecule is CC(C)[C@H](C(=O)[O-])n1c(O)c(/C=C2\C=Nc3ccccc32)sc1=S. The number of carboxylic acids is 1. The number of carboxylic acid groups (broad SMARTS) is 1. The number of hydrogen-bond acceptors (Lipinski definition) is 6. The maximum absolute atomic E-state index is 11.4. The number of aliphatic imine (C=N–C) groups is 1. The van der Waals surface area contributed by atoms with Gasteiger partial charge in [-0.25, -0.2) is 0 Å². The Morgan fingerprint density at radius 3 is 2.79 bits per heavy atom. The van der Waals surface area contributed by atoms with Crippen LogP contribution >= 0.6 is 23.6 Å². The van der Waals surface area contributed by atoms with E-state index in [0.717, 1.165) is 28.2 Å². The molecule has 2 heterocycles. The molecule has 3 rings (SSSR count). The highest BCUT2D eigenvalue weighted by Gasteiger charge is 2.23. The normalized spacial score (nSPS) is 15.9. The molecule has 1 atom stereocenters. The first kappa shape index (κ1) is 16.6. The highest BCUT2D eigenvalue weighted by atomic mass is 32.1. The van der Waals surface area contributed by atoms with Crippen molar-refractivity contribution in [2.24, 2.45) is 10.9 Å². The Morgan fingerprint density at radius 1 is 1.42 bits per heavy atom. The van der Waals surface area contributed by atoms with Crippen molar-refractivity contribution in [2.75, 3.05) is 0 Å². The minimum absolute atomic E-state index is 0.154. The molecule has 0 spiro atoms. The summed E-state index contributed by atoms with van der Waals surface area (Å²) in [6, 6.07) is 6.67. The van der Waals surface area contributed by atoms with Crippen molar-refractivity contribution in [1.82, 2.24) is 4.57 Å². The number of aromatic hydroxyl groups is 1. The van der Waals surface area contributed by atoms with E-state index in [1.54, 1.807) is 26.1 Å². The number of nitrogens with zero attached hydrogens (tertiary/aromatic N) is 2. The maximum atomic E-state index is 11.4. The highest BCUT2D eigenvalue weighted by molar-refractivity contribution is 7.73. The van der Waals surface area contributed by atoms with Gasteiger partial charge in [0.1, 0.15) is 0 Å². The molecule has 124 valence electrons. The van der Waals surface area contributed by atoms with E-state index < -0.39 is 12.0 Å². The molecular formula is C17H15N2O3S2-. The van der Waals surface area contributed by atoms with E-state index >= 15 is 0 Å². The van der Waals surface area contributed by atoms with E-state index in [0.29, 0.717) is 8.83 Å². The fourth-order valence-corrected chi connectivity index (χ4v) is 4.04.